The molecule has 0 aromatic heterocycles. The van der Waals surface area contributed by atoms with Crippen LogP contribution in [0.25, 0.3) is 0 Å². The minimum Gasteiger partial charge on any atom is -0.399 e. The van der Waals surface area contributed by atoms with Crippen LogP contribution in [0.15, 0.2) is 40.9 Å². The molecule has 3 N–H and O–H groups in total. The van der Waals surface area contributed by atoms with E-state index in [-0.39, 0.29) is 11.3 Å². The summed E-state index contributed by atoms with van der Waals surface area (Å²) in [5.41, 5.74) is 6.09. The highest BCUT2D eigenvalue weighted by Gasteiger charge is 2.12. The predicted molar refractivity (Wildman–Crippen MR) is 77.9 cm³/mol. The van der Waals surface area contributed by atoms with Gasteiger partial charge in [0, 0.05) is 15.8 Å². The molecule has 98 valence electrons. The average Bonchev–Trinajstić information content (AvgIpc) is 2.33. The zero-order valence-electron chi connectivity index (χ0n) is 9.58. The second-order valence-corrected chi connectivity index (χ2v) is 5.08. The van der Waals surface area contributed by atoms with E-state index in [0.717, 1.165) is 6.07 Å². The quantitative estimate of drug-likeness (QED) is 0.807. The summed E-state index contributed by atoms with van der Waals surface area (Å²) in [6.07, 6.45) is 0. The highest BCUT2D eigenvalue weighted by Crippen LogP contribution is 2.26. The Labute approximate surface area is 122 Å². The summed E-state index contributed by atoms with van der Waals surface area (Å²) in [6.45, 7) is 0. The molecule has 0 saturated heterocycles. The van der Waals surface area contributed by atoms with E-state index in [1.807, 2.05) is 0 Å². The van der Waals surface area contributed by atoms with Crippen molar-refractivity contribution >= 4 is 44.8 Å². The summed E-state index contributed by atoms with van der Waals surface area (Å²) in [6, 6.07) is 8.82. The first kappa shape index (κ1) is 13.8. The molecule has 2 aromatic rings. The molecule has 0 unspecified atom stereocenters. The molecule has 0 aliphatic heterocycles. The van der Waals surface area contributed by atoms with Crippen molar-refractivity contribution in [2.45, 2.75) is 0 Å². The van der Waals surface area contributed by atoms with Crippen LogP contribution in [0.4, 0.5) is 15.8 Å². The van der Waals surface area contributed by atoms with Gasteiger partial charge in [-0.2, -0.15) is 0 Å². The standard InChI is InChI=1S/C13H9BrClFN2O/c14-10-4-2-8(6-11(10)15)18-13(19)9-3-1-7(17)5-12(9)16/h1-6H,17H2,(H,18,19). The highest BCUT2D eigenvalue weighted by atomic mass is 79.9. The molecule has 0 bridgehead atoms. The van der Waals surface area contributed by atoms with Crippen molar-refractivity contribution in [2.75, 3.05) is 11.1 Å². The summed E-state index contributed by atoms with van der Waals surface area (Å²) < 4.78 is 14.3. The number of anilines is 2. The summed E-state index contributed by atoms with van der Waals surface area (Å²) in [7, 11) is 0. The number of nitrogens with one attached hydrogen (secondary N) is 1. The number of nitrogens with two attached hydrogens (primary N) is 1. The third kappa shape index (κ3) is 3.24. The molecule has 0 saturated carbocycles. The topological polar surface area (TPSA) is 55.1 Å². The van der Waals surface area contributed by atoms with E-state index < -0.39 is 11.7 Å². The Hall–Kier alpha value is -1.59. The maximum Gasteiger partial charge on any atom is 0.258 e. The maximum atomic E-state index is 13.6. The monoisotopic (exact) mass is 342 g/mol. The fourth-order valence-electron chi connectivity index (χ4n) is 1.49. The number of hydrogen-bond acceptors (Lipinski definition) is 2. The van der Waals surface area contributed by atoms with Crippen LogP contribution in [-0.4, -0.2) is 5.91 Å². The molecule has 0 spiro atoms. The molecular weight excluding hydrogens is 335 g/mol. The third-order valence-corrected chi connectivity index (χ3v) is 3.65. The average molecular weight is 344 g/mol. The molecule has 3 nitrogen and oxygen atoms in total. The van der Waals surface area contributed by atoms with Crippen LogP contribution in [0.5, 0.6) is 0 Å². The van der Waals surface area contributed by atoms with Gasteiger partial charge in [-0.15, -0.1) is 0 Å². The Morgan fingerprint density at radius 1 is 1.26 bits per heavy atom. The first-order valence-corrected chi connectivity index (χ1v) is 6.46. The third-order valence-electron chi connectivity index (χ3n) is 2.42. The SMILES string of the molecule is Nc1ccc(C(=O)Nc2ccc(Br)c(Cl)c2)c(F)c1. The molecule has 0 aliphatic carbocycles. The van der Waals surface area contributed by atoms with Gasteiger partial charge in [0.25, 0.3) is 5.91 Å². The fourth-order valence-corrected chi connectivity index (χ4v) is 1.91. The smallest absolute Gasteiger partial charge is 0.258 e. The van der Waals surface area contributed by atoms with E-state index in [4.69, 9.17) is 17.3 Å². The van der Waals surface area contributed by atoms with Crippen LogP contribution in [0.1, 0.15) is 10.4 Å². The first-order valence-electron chi connectivity index (χ1n) is 5.29. The number of nitrogen functional groups attached to an aromatic ring is 1. The number of benzene rings is 2. The Morgan fingerprint density at radius 3 is 2.63 bits per heavy atom. The van der Waals surface area contributed by atoms with Gasteiger partial charge in [-0.05, 0) is 52.3 Å². The predicted octanol–water partition coefficient (Wildman–Crippen LogP) is 4.08. The highest BCUT2D eigenvalue weighted by molar-refractivity contribution is 9.10. The van der Waals surface area contributed by atoms with E-state index in [2.05, 4.69) is 21.2 Å². The Kier molecular flexibility index (Phi) is 4.07. The van der Waals surface area contributed by atoms with Crippen molar-refractivity contribution in [3.63, 3.8) is 0 Å². The van der Waals surface area contributed by atoms with Crippen LogP contribution >= 0.6 is 27.5 Å². The van der Waals surface area contributed by atoms with E-state index >= 15 is 0 Å². The van der Waals surface area contributed by atoms with Crippen molar-refractivity contribution in [1.29, 1.82) is 0 Å². The molecule has 19 heavy (non-hydrogen) atoms. The van der Waals surface area contributed by atoms with Crippen LogP contribution in [0.3, 0.4) is 0 Å². The number of carbonyl (C=O) groups excluding carboxylic acids is 1. The van der Waals surface area contributed by atoms with E-state index in [0.29, 0.717) is 15.2 Å². The van der Waals surface area contributed by atoms with Gasteiger partial charge in [0.15, 0.2) is 0 Å². The lowest BCUT2D eigenvalue weighted by atomic mass is 10.1. The lowest BCUT2D eigenvalue weighted by molar-refractivity contribution is 0.102. The van der Waals surface area contributed by atoms with Crippen LogP contribution in [0, 0.1) is 5.82 Å². The van der Waals surface area contributed by atoms with Gasteiger partial charge < -0.3 is 11.1 Å². The van der Waals surface area contributed by atoms with Crippen molar-refractivity contribution in [3.05, 3.63) is 57.3 Å². The normalized spacial score (nSPS) is 10.3. The molecule has 1 amide bonds. The molecular formula is C13H9BrClFN2O. The minimum absolute atomic E-state index is 0.0757. The fraction of sp³-hybridized carbons (Fsp3) is 0. The van der Waals surface area contributed by atoms with Crippen molar-refractivity contribution in [3.8, 4) is 0 Å². The summed E-state index contributed by atoms with van der Waals surface area (Å²) in [4.78, 5) is 11.9. The Bertz CT molecular complexity index is 649. The number of hydrogen-bond donors (Lipinski definition) is 2. The van der Waals surface area contributed by atoms with Crippen molar-refractivity contribution in [1.82, 2.24) is 0 Å². The van der Waals surface area contributed by atoms with Gasteiger partial charge >= 0.3 is 0 Å². The summed E-state index contributed by atoms with van der Waals surface area (Å²) >= 11 is 9.15. The second-order valence-electron chi connectivity index (χ2n) is 3.82. The van der Waals surface area contributed by atoms with Gasteiger partial charge in [0.05, 0.1) is 10.6 Å². The zero-order valence-corrected chi connectivity index (χ0v) is 11.9. The lowest BCUT2D eigenvalue weighted by Crippen LogP contribution is -2.13. The van der Waals surface area contributed by atoms with E-state index in [1.165, 1.54) is 12.1 Å². The number of halogens is 3. The number of amides is 1. The molecule has 6 heteroatoms. The minimum atomic E-state index is -0.666. The van der Waals surface area contributed by atoms with Gasteiger partial charge in [-0.3, -0.25) is 4.79 Å². The molecule has 0 fully saturated rings. The van der Waals surface area contributed by atoms with Gasteiger partial charge in [-0.1, -0.05) is 11.6 Å². The van der Waals surface area contributed by atoms with E-state index in [1.54, 1.807) is 18.2 Å². The first-order chi connectivity index (χ1) is 8.97. The number of carbonyl (C=O) groups is 1. The van der Waals surface area contributed by atoms with Gasteiger partial charge in [-0.25, -0.2) is 4.39 Å². The molecule has 0 atom stereocenters. The summed E-state index contributed by atoms with van der Waals surface area (Å²) in [5, 5.41) is 3.02. The largest absolute Gasteiger partial charge is 0.399 e. The summed E-state index contributed by atoms with van der Waals surface area (Å²) in [5.74, 6) is -1.23. The van der Waals surface area contributed by atoms with Gasteiger partial charge in [0.1, 0.15) is 5.82 Å². The lowest BCUT2D eigenvalue weighted by Gasteiger charge is -2.07. The molecule has 0 heterocycles. The Morgan fingerprint density at radius 2 is 2.00 bits per heavy atom. The van der Waals surface area contributed by atoms with Crippen molar-refractivity contribution in [2.24, 2.45) is 0 Å². The van der Waals surface area contributed by atoms with Crippen molar-refractivity contribution < 1.29 is 9.18 Å². The molecule has 0 aliphatic rings. The Balaban J connectivity index is 2.23. The zero-order chi connectivity index (χ0) is 14.0. The van der Waals surface area contributed by atoms with Crippen LogP contribution < -0.4 is 11.1 Å². The second kappa shape index (κ2) is 5.59. The molecule has 2 rings (SSSR count). The molecule has 0 radical (unpaired) electrons. The number of rotatable bonds is 2. The maximum absolute atomic E-state index is 13.6. The van der Waals surface area contributed by atoms with Crippen LogP contribution in [0.2, 0.25) is 5.02 Å². The molecule has 2 aromatic carbocycles. The van der Waals surface area contributed by atoms with Gasteiger partial charge in [0.2, 0.25) is 0 Å². The van der Waals surface area contributed by atoms with E-state index in [9.17, 15) is 9.18 Å². The van der Waals surface area contributed by atoms with Crippen LogP contribution in [-0.2, 0) is 0 Å².